The molecule has 1 unspecified atom stereocenters. The largest absolute Gasteiger partial charge is 0.481 e. The van der Waals surface area contributed by atoms with Gasteiger partial charge in [0.1, 0.15) is 0 Å². The van der Waals surface area contributed by atoms with Crippen LogP contribution in [0.4, 0.5) is 0 Å². The molecular weight excluding hydrogens is 304 g/mol. The Labute approximate surface area is 140 Å². The lowest BCUT2D eigenvalue weighted by Crippen LogP contribution is -2.08. The van der Waals surface area contributed by atoms with Crippen molar-refractivity contribution in [2.24, 2.45) is 0 Å². The van der Waals surface area contributed by atoms with E-state index in [-0.39, 0.29) is 13.0 Å². The first-order valence-corrected chi connectivity index (χ1v) is 7.45. The maximum atomic E-state index is 10.9. The number of carboxylic acids is 1. The Morgan fingerprint density at radius 1 is 1.12 bits per heavy atom. The first-order valence-electron chi connectivity index (χ1n) is 7.45. The van der Waals surface area contributed by atoms with Gasteiger partial charge in [0.15, 0.2) is 0 Å². The van der Waals surface area contributed by atoms with Gasteiger partial charge in [-0.2, -0.15) is 10.5 Å². The van der Waals surface area contributed by atoms with Crippen LogP contribution in [0.1, 0.15) is 41.2 Å². The minimum atomic E-state index is -0.905. The van der Waals surface area contributed by atoms with Crippen molar-refractivity contribution >= 4 is 5.97 Å². The van der Waals surface area contributed by atoms with Crippen LogP contribution >= 0.6 is 0 Å². The van der Waals surface area contributed by atoms with E-state index in [2.05, 4.69) is 12.1 Å². The van der Waals surface area contributed by atoms with Gasteiger partial charge in [0.2, 0.25) is 0 Å². The lowest BCUT2D eigenvalue weighted by Gasteiger charge is -2.18. The van der Waals surface area contributed by atoms with Crippen LogP contribution < -0.4 is 0 Å². The molecule has 5 nitrogen and oxygen atoms in total. The van der Waals surface area contributed by atoms with E-state index >= 15 is 0 Å². The molecule has 0 spiro atoms. The van der Waals surface area contributed by atoms with Gasteiger partial charge in [0.05, 0.1) is 36.0 Å². The summed E-state index contributed by atoms with van der Waals surface area (Å²) in [5, 5.41) is 27.1. The molecule has 0 saturated heterocycles. The summed E-state index contributed by atoms with van der Waals surface area (Å²) in [6, 6.07) is 18.2. The van der Waals surface area contributed by atoms with Crippen LogP contribution in [0, 0.1) is 22.7 Å². The highest BCUT2D eigenvalue weighted by molar-refractivity contribution is 5.66. The first kappa shape index (κ1) is 17.2. The zero-order chi connectivity index (χ0) is 17.4. The van der Waals surface area contributed by atoms with Gasteiger partial charge < -0.3 is 9.84 Å². The zero-order valence-corrected chi connectivity index (χ0v) is 13.0. The molecule has 2 rings (SSSR count). The second-order valence-corrected chi connectivity index (χ2v) is 5.24. The number of hydrogen-bond donors (Lipinski definition) is 1. The topological polar surface area (TPSA) is 94.1 Å². The van der Waals surface area contributed by atoms with Crippen molar-refractivity contribution in [3.63, 3.8) is 0 Å². The predicted molar refractivity (Wildman–Crippen MR) is 86.7 cm³/mol. The Kier molecular flexibility index (Phi) is 6.08. The minimum Gasteiger partial charge on any atom is -0.481 e. The molecule has 120 valence electrons. The molecule has 0 aliphatic rings. The quantitative estimate of drug-likeness (QED) is 0.842. The number of rotatable bonds is 7. The molecule has 2 aromatic carbocycles. The van der Waals surface area contributed by atoms with Crippen LogP contribution in [-0.4, -0.2) is 11.1 Å². The molecule has 0 aliphatic carbocycles. The van der Waals surface area contributed by atoms with Crippen molar-refractivity contribution in [1.82, 2.24) is 0 Å². The van der Waals surface area contributed by atoms with E-state index in [1.807, 2.05) is 12.1 Å². The highest BCUT2D eigenvalue weighted by Crippen LogP contribution is 2.25. The summed E-state index contributed by atoms with van der Waals surface area (Å²) in [7, 11) is 0. The van der Waals surface area contributed by atoms with Crippen LogP contribution in [0.3, 0.4) is 0 Å². The zero-order valence-electron chi connectivity index (χ0n) is 13.0. The Morgan fingerprint density at radius 3 is 2.62 bits per heavy atom. The van der Waals surface area contributed by atoms with E-state index in [4.69, 9.17) is 20.4 Å². The normalized spacial score (nSPS) is 11.2. The molecule has 0 aromatic heterocycles. The Balaban J connectivity index is 2.18. The van der Waals surface area contributed by atoms with Crippen LogP contribution in [0.5, 0.6) is 0 Å². The van der Waals surface area contributed by atoms with Gasteiger partial charge >= 0.3 is 5.97 Å². The average Bonchev–Trinajstić information content (AvgIpc) is 2.61. The first-order chi connectivity index (χ1) is 11.6. The van der Waals surface area contributed by atoms with E-state index in [0.29, 0.717) is 17.5 Å². The summed E-state index contributed by atoms with van der Waals surface area (Å²) in [6.45, 7) is 0.199. The monoisotopic (exact) mass is 320 g/mol. The Hall–Kier alpha value is -3.15. The summed E-state index contributed by atoms with van der Waals surface area (Å²) in [5.41, 5.74) is 2.52. The SMILES string of the molecule is N#Cc1cccc(C(CCC(=O)O)OCc2ccccc2C#N)c1. The van der Waals surface area contributed by atoms with Gasteiger partial charge in [0, 0.05) is 6.42 Å². The average molecular weight is 320 g/mol. The Morgan fingerprint density at radius 2 is 1.92 bits per heavy atom. The van der Waals surface area contributed by atoms with Crippen molar-refractivity contribution < 1.29 is 14.6 Å². The van der Waals surface area contributed by atoms with Crippen molar-refractivity contribution in [2.45, 2.75) is 25.6 Å². The third kappa shape index (κ3) is 4.67. The summed E-state index contributed by atoms with van der Waals surface area (Å²) >= 11 is 0. The lowest BCUT2D eigenvalue weighted by molar-refractivity contribution is -0.138. The highest BCUT2D eigenvalue weighted by Gasteiger charge is 2.15. The van der Waals surface area contributed by atoms with Gasteiger partial charge in [-0.05, 0) is 35.7 Å². The number of nitrogens with zero attached hydrogens (tertiary/aromatic N) is 2. The molecule has 2 aromatic rings. The lowest BCUT2D eigenvalue weighted by atomic mass is 10.0. The van der Waals surface area contributed by atoms with Crippen LogP contribution in [0.2, 0.25) is 0 Å². The minimum absolute atomic E-state index is 0.0403. The molecule has 5 heteroatoms. The fourth-order valence-corrected chi connectivity index (χ4v) is 2.35. The van der Waals surface area contributed by atoms with Gasteiger partial charge in [-0.25, -0.2) is 0 Å². The molecule has 1 atom stereocenters. The fraction of sp³-hybridized carbons (Fsp3) is 0.211. The predicted octanol–water partition coefficient (Wildman–Crippen LogP) is 3.55. The molecular formula is C19H16N2O3. The third-order valence-corrected chi connectivity index (χ3v) is 3.59. The summed E-state index contributed by atoms with van der Waals surface area (Å²) in [5.74, 6) is -0.905. The number of ether oxygens (including phenoxy) is 1. The number of benzene rings is 2. The molecule has 0 aliphatic heterocycles. The van der Waals surface area contributed by atoms with Crippen molar-refractivity contribution in [3.8, 4) is 12.1 Å². The molecule has 0 radical (unpaired) electrons. The number of hydrogen-bond acceptors (Lipinski definition) is 4. The van der Waals surface area contributed by atoms with Crippen molar-refractivity contribution in [3.05, 3.63) is 70.8 Å². The fourth-order valence-electron chi connectivity index (χ4n) is 2.35. The molecule has 0 heterocycles. The summed E-state index contributed by atoms with van der Waals surface area (Å²) in [6.07, 6.45) is -0.207. The molecule has 1 N–H and O–H groups in total. The van der Waals surface area contributed by atoms with Gasteiger partial charge in [-0.3, -0.25) is 4.79 Å². The summed E-state index contributed by atoms with van der Waals surface area (Å²) < 4.78 is 5.88. The molecule has 0 fully saturated rings. The van der Waals surface area contributed by atoms with Gasteiger partial charge in [-0.1, -0.05) is 30.3 Å². The molecule has 0 amide bonds. The Bertz CT molecular complexity index is 803. The second kappa shape index (κ2) is 8.47. The number of carbonyl (C=O) groups is 1. The maximum absolute atomic E-state index is 10.9. The van der Waals surface area contributed by atoms with Crippen LogP contribution in [0.15, 0.2) is 48.5 Å². The highest BCUT2D eigenvalue weighted by atomic mass is 16.5. The standard InChI is InChI=1S/C19H16N2O3/c20-11-14-4-3-7-15(10-14)18(8-9-19(22)23)24-13-17-6-2-1-5-16(17)12-21/h1-7,10,18H,8-9,13H2,(H,22,23). The van der Waals surface area contributed by atoms with Crippen molar-refractivity contribution in [1.29, 1.82) is 10.5 Å². The molecule has 0 saturated carbocycles. The van der Waals surface area contributed by atoms with Crippen LogP contribution in [-0.2, 0) is 16.1 Å². The molecule has 24 heavy (non-hydrogen) atoms. The molecule has 0 bridgehead atoms. The van der Waals surface area contributed by atoms with Crippen molar-refractivity contribution in [2.75, 3.05) is 0 Å². The van der Waals surface area contributed by atoms with E-state index in [0.717, 1.165) is 11.1 Å². The summed E-state index contributed by atoms with van der Waals surface area (Å²) in [4.78, 5) is 10.9. The smallest absolute Gasteiger partial charge is 0.303 e. The van der Waals surface area contributed by atoms with Gasteiger partial charge in [0.25, 0.3) is 0 Å². The van der Waals surface area contributed by atoms with E-state index in [1.165, 1.54) is 0 Å². The number of nitriles is 2. The van der Waals surface area contributed by atoms with E-state index in [1.54, 1.807) is 36.4 Å². The maximum Gasteiger partial charge on any atom is 0.303 e. The number of carboxylic acid groups (broad SMARTS) is 1. The second-order valence-electron chi connectivity index (χ2n) is 5.24. The van der Waals surface area contributed by atoms with Crippen LogP contribution in [0.25, 0.3) is 0 Å². The van der Waals surface area contributed by atoms with Gasteiger partial charge in [-0.15, -0.1) is 0 Å². The number of aliphatic carboxylic acids is 1. The third-order valence-electron chi connectivity index (χ3n) is 3.59. The van der Waals surface area contributed by atoms with E-state index in [9.17, 15) is 4.79 Å². The van der Waals surface area contributed by atoms with E-state index < -0.39 is 12.1 Å².